The molecule has 0 saturated carbocycles. The van der Waals surface area contributed by atoms with Crippen molar-refractivity contribution in [1.82, 2.24) is 4.72 Å². The number of carbonyl (C=O) groups excluding carboxylic acids is 1. The number of carbonyl (C=O) groups is 1. The van der Waals surface area contributed by atoms with Crippen molar-refractivity contribution in [3.05, 3.63) is 29.3 Å². The lowest BCUT2D eigenvalue weighted by Crippen LogP contribution is -2.07. The highest BCUT2D eigenvalue weighted by Crippen LogP contribution is 2.32. The van der Waals surface area contributed by atoms with Crippen molar-refractivity contribution < 1.29 is 18.0 Å². The molecule has 0 saturated heterocycles. The zero-order chi connectivity index (χ0) is 12.3. The van der Waals surface area contributed by atoms with E-state index in [1.54, 1.807) is 7.05 Å². The normalized spacial score (nSPS) is 11.6. The van der Waals surface area contributed by atoms with E-state index in [-0.39, 0.29) is 11.3 Å². The van der Waals surface area contributed by atoms with Crippen LogP contribution in [0.15, 0.2) is 23.1 Å². The van der Waals surface area contributed by atoms with Crippen molar-refractivity contribution in [2.75, 3.05) is 7.05 Å². The summed E-state index contributed by atoms with van der Waals surface area (Å²) in [6, 6.07) is 3.30. The summed E-state index contributed by atoms with van der Waals surface area (Å²) in [6.45, 7) is 1.24. The molecule has 1 N–H and O–H groups in total. The van der Waals surface area contributed by atoms with E-state index in [0.29, 0.717) is 4.90 Å². The van der Waals surface area contributed by atoms with E-state index in [1.165, 1.54) is 13.0 Å². The predicted molar refractivity (Wildman–Crippen MR) is 56.4 cm³/mol. The zero-order valence-electron chi connectivity index (χ0n) is 8.68. The van der Waals surface area contributed by atoms with E-state index >= 15 is 0 Å². The third-order valence-corrected chi connectivity index (χ3v) is 2.54. The fourth-order valence-electron chi connectivity index (χ4n) is 1.14. The molecule has 0 unspecified atom stereocenters. The molecule has 1 aromatic carbocycles. The second-order valence-electron chi connectivity index (χ2n) is 3.11. The Labute approximate surface area is 95.4 Å². The maximum absolute atomic E-state index is 12.5. The lowest BCUT2D eigenvalue weighted by Gasteiger charge is -2.10. The highest BCUT2D eigenvalue weighted by Gasteiger charge is 2.31. The van der Waals surface area contributed by atoms with Gasteiger partial charge in [0.15, 0.2) is 5.78 Å². The summed E-state index contributed by atoms with van der Waals surface area (Å²) in [5.41, 5.74) is -0.745. The van der Waals surface area contributed by atoms with Crippen molar-refractivity contribution in [2.45, 2.75) is 18.0 Å². The smallest absolute Gasteiger partial charge is 0.295 e. The molecule has 6 heteroatoms. The Bertz CT molecular complexity index is 404. The number of Topliss-reactive ketones (excluding diaryl/α,β-unsaturated/α-hetero) is 1. The first kappa shape index (κ1) is 13.1. The molecular formula is C10H10F3NOS. The molecule has 88 valence electrons. The molecular weight excluding hydrogens is 239 g/mol. The minimum Gasteiger partial charge on any atom is -0.295 e. The molecule has 0 aliphatic heterocycles. The molecule has 0 atom stereocenters. The van der Waals surface area contributed by atoms with Gasteiger partial charge in [0.05, 0.1) is 5.56 Å². The van der Waals surface area contributed by atoms with Crippen LogP contribution in [0.25, 0.3) is 0 Å². The summed E-state index contributed by atoms with van der Waals surface area (Å²) < 4.78 is 40.2. The average Bonchev–Trinajstić information content (AvgIpc) is 2.16. The molecule has 0 spiro atoms. The number of benzene rings is 1. The predicted octanol–water partition coefficient (Wildman–Crippen LogP) is 3.13. The summed E-state index contributed by atoms with van der Waals surface area (Å²) in [6.07, 6.45) is -4.44. The van der Waals surface area contributed by atoms with Crippen LogP contribution >= 0.6 is 11.9 Å². The van der Waals surface area contributed by atoms with Crippen LogP contribution in [0.1, 0.15) is 22.8 Å². The monoisotopic (exact) mass is 249 g/mol. The average molecular weight is 249 g/mol. The Hall–Kier alpha value is -1.01. The van der Waals surface area contributed by atoms with Crippen LogP contribution in [0, 0.1) is 0 Å². The van der Waals surface area contributed by atoms with Gasteiger partial charge in [0.2, 0.25) is 0 Å². The molecule has 0 radical (unpaired) electrons. The van der Waals surface area contributed by atoms with E-state index in [0.717, 1.165) is 24.1 Å². The van der Waals surface area contributed by atoms with Crippen molar-refractivity contribution in [2.24, 2.45) is 0 Å². The van der Waals surface area contributed by atoms with Crippen molar-refractivity contribution in [1.29, 1.82) is 0 Å². The highest BCUT2D eigenvalue weighted by molar-refractivity contribution is 7.97. The van der Waals surface area contributed by atoms with E-state index < -0.39 is 11.7 Å². The second-order valence-corrected chi connectivity index (χ2v) is 4.19. The third kappa shape index (κ3) is 3.24. The summed E-state index contributed by atoms with van der Waals surface area (Å²) in [7, 11) is 1.60. The Morgan fingerprint density at radius 3 is 2.38 bits per heavy atom. The molecule has 0 aliphatic carbocycles. The standard InChI is InChI=1S/C10H10F3NOS/c1-6(15)7-3-8(10(11,12)13)5-9(4-7)16-14-2/h3-5,14H,1-2H3. The van der Waals surface area contributed by atoms with Gasteiger partial charge in [-0.2, -0.15) is 13.2 Å². The van der Waals surface area contributed by atoms with Crippen molar-refractivity contribution in [3.8, 4) is 0 Å². The molecule has 0 aromatic heterocycles. The van der Waals surface area contributed by atoms with Crippen LogP contribution < -0.4 is 4.72 Å². The van der Waals surface area contributed by atoms with Gasteiger partial charge in [-0.05, 0) is 44.1 Å². The number of halogens is 3. The minimum atomic E-state index is -4.44. The Morgan fingerprint density at radius 2 is 1.94 bits per heavy atom. The number of alkyl halides is 3. The maximum Gasteiger partial charge on any atom is 0.416 e. The summed E-state index contributed by atoms with van der Waals surface area (Å²) in [5.74, 6) is -0.385. The zero-order valence-corrected chi connectivity index (χ0v) is 9.50. The number of hydrogen-bond acceptors (Lipinski definition) is 3. The molecule has 0 fully saturated rings. The Balaban J connectivity index is 3.24. The quantitative estimate of drug-likeness (QED) is 0.659. The number of nitrogens with one attached hydrogen (secondary N) is 1. The Kier molecular flexibility index (Phi) is 3.98. The van der Waals surface area contributed by atoms with Crippen LogP contribution in [0.3, 0.4) is 0 Å². The number of hydrogen-bond donors (Lipinski definition) is 1. The minimum absolute atomic E-state index is 0.0626. The van der Waals surface area contributed by atoms with E-state index in [1.807, 2.05) is 0 Å². The van der Waals surface area contributed by atoms with Gasteiger partial charge in [0.1, 0.15) is 0 Å². The van der Waals surface area contributed by atoms with Gasteiger partial charge in [0.25, 0.3) is 0 Å². The fourth-order valence-corrected chi connectivity index (χ4v) is 1.75. The van der Waals surface area contributed by atoms with Crippen molar-refractivity contribution in [3.63, 3.8) is 0 Å². The molecule has 0 bridgehead atoms. The van der Waals surface area contributed by atoms with Gasteiger partial charge in [-0.15, -0.1) is 0 Å². The topological polar surface area (TPSA) is 29.1 Å². The second kappa shape index (κ2) is 4.88. The fraction of sp³-hybridized carbons (Fsp3) is 0.300. The molecule has 0 heterocycles. The van der Waals surface area contributed by atoms with Crippen LogP contribution in [0.4, 0.5) is 13.2 Å². The van der Waals surface area contributed by atoms with E-state index in [9.17, 15) is 18.0 Å². The van der Waals surface area contributed by atoms with Crippen LogP contribution in [0.5, 0.6) is 0 Å². The van der Waals surface area contributed by atoms with Gasteiger partial charge < -0.3 is 0 Å². The molecule has 1 aromatic rings. The van der Waals surface area contributed by atoms with Gasteiger partial charge >= 0.3 is 6.18 Å². The summed E-state index contributed by atoms with van der Waals surface area (Å²) in [4.78, 5) is 11.4. The summed E-state index contributed by atoms with van der Waals surface area (Å²) in [5, 5.41) is 0. The molecule has 0 amide bonds. The van der Waals surface area contributed by atoms with Gasteiger partial charge in [-0.25, -0.2) is 0 Å². The molecule has 2 nitrogen and oxygen atoms in total. The van der Waals surface area contributed by atoms with Gasteiger partial charge in [0, 0.05) is 10.5 Å². The van der Waals surface area contributed by atoms with Crippen LogP contribution in [-0.2, 0) is 6.18 Å². The van der Waals surface area contributed by atoms with E-state index in [2.05, 4.69) is 4.72 Å². The lowest BCUT2D eigenvalue weighted by atomic mass is 10.1. The summed E-state index contributed by atoms with van der Waals surface area (Å²) >= 11 is 1.03. The Morgan fingerprint density at radius 1 is 1.31 bits per heavy atom. The lowest BCUT2D eigenvalue weighted by molar-refractivity contribution is -0.137. The largest absolute Gasteiger partial charge is 0.416 e. The first-order chi connectivity index (χ1) is 7.34. The van der Waals surface area contributed by atoms with Gasteiger partial charge in [-0.1, -0.05) is 0 Å². The molecule has 16 heavy (non-hydrogen) atoms. The highest BCUT2D eigenvalue weighted by atomic mass is 32.2. The first-order valence-corrected chi connectivity index (χ1v) is 5.23. The maximum atomic E-state index is 12.5. The van der Waals surface area contributed by atoms with E-state index in [4.69, 9.17) is 0 Å². The van der Waals surface area contributed by atoms with Crippen LogP contribution in [0.2, 0.25) is 0 Å². The number of rotatable bonds is 3. The van der Waals surface area contributed by atoms with Crippen molar-refractivity contribution >= 4 is 17.7 Å². The van der Waals surface area contributed by atoms with Gasteiger partial charge in [-0.3, -0.25) is 9.52 Å². The first-order valence-electron chi connectivity index (χ1n) is 4.41. The SMILES string of the molecule is CNSc1cc(C(C)=O)cc(C(F)(F)F)c1. The molecule has 0 aliphatic rings. The molecule has 1 rings (SSSR count). The van der Waals surface area contributed by atoms with Crippen LogP contribution in [-0.4, -0.2) is 12.8 Å². The third-order valence-electron chi connectivity index (χ3n) is 1.86. The number of ketones is 1.